The van der Waals surface area contributed by atoms with E-state index in [9.17, 15) is 14.3 Å². The summed E-state index contributed by atoms with van der Waals surface area (Å²) in [6.07, 6.45) is 0. The van der Waals surface area contributed by atoms with Gasteiger partial charge >= 0.3 is 0 Å². The van der Waals surface area contributed by atoms with Gasteiger partial charge in [0.1, 0.15) is 11.6 Å². The standard InChI is InChI=1S/C15H19FN2O3/c1-17-5-10-6-18(12(7-17)9-21-8-10)15(20)13-3-2-11(16)4-14(13)19/h2-4,10,12,19H,5-9H2,1H3/t10-,12-/m0/s1. The van der Waals surface area contributed by atoms with Crippen molar-refractivity contribution in [1.29, 1.82) is 0 Å². The molecular formula is C15H19FN2O3. The maximum absolute atomic E-state index is 13.1. The molecule has 0 saturated carbocycles. The topological polar surface area (TPSA) is 53.0 Å². The van der Waals surface area contributed by atoms with Gasteiger partial charge in [0.2, 0.25) is 0 Å². The van der Waals surface area contributed by atoms with Gasteiger partial charge in [0.15, 0.2) is 0 Å². The van der Waals surface area contributed by atoms with Crippen LogP contribution in [0.4, 0.5) is 4.39 Å². The number of hydrogen-bond acceptors (Lipinski definition) is 4. The van der Waals surface area contributed by atoms with Crippen molar-refractivity contribution in [1.82, 2.24) is 9.80 Å². The summed E-state index contributed by atoms with van der Waals surface area (Å²) in [6, 6.07) is 3.46. The number of hydrogen-bond donors (Lipinski definition) is 1. The number of rotatable bonds is 1. The number of carbonyl (C=O) groups is 1. The average Bonchev–Trinajstić information content (AvgIpc) is 2.68. The number of likely N-dealkylation sites (N-methyl/N-ethyl adjacent to an activating group) is 1. The van der Waals surface area contributed by atoms with Crippen LogP contribution >= 0.6 is 0 Å². The quantitative estimate of drug-likeness (QED) is 0.837. The molecule has 1 aromatic carbocycles. The molecule has 2 fully saturated rings. The number of phenols is 1. The van der Waals surface area contributed by atoms with E-state index in [0.29, 0.717) is 19.8 Å². The van der Waals surface area contributed by atoms with Crippen LogP contribution < -0.4 is 0 Å². The second kappa shape index (κ2) is 5.61. The van der Waals surface area contributed by atoms with Crippen LogP contribution in [0, 0.1) is 11.7 Å². The predicted octanol–water partition coefficient (Wildman–Crippen LogP) is 0.934. The maximum Gasteiger partial charge on any atom is 0.257 e. The second-order valence-electron chi connectivity index (χ2n) is 5.90. The second-order valence-corrected chi connectivity index (χ2v) is 5.90. The van der Waals surface area contributed by atoms with Crippen LogP contribution in [0.3, 0.4) is 0 Å². The Hall–Kier alpha value is -1.66. The van der Waals surface area contributed by atoms with Crippen LogP contribution in [-0.2, 0) is 4.74 Å². The molecule has 1 aromatic rings. The summed E-state index contributed by atoms with van der Waals surface area (Å²) >= 11 is 0. The van der Waals surface area contributed by atoms with E-state index in [-0.39, 0.29) is 29.2 Å². The molecule has 114 valence electrons. The third-order valence-electron chi connectivity index (χ3n) is 4.10. The number of benzene rings is 1. The number of halogens is 1. The largest absolute Gasteiger partial charge is 0.507 e. The normalized spacial score (nSPS) is 26.5. The van der Waals surface area contributed by atoms with Gasteiger partial charge in [-0.2, -0.15) is 0 Å². The summed E-state index contributed by atoms with van der Waals surface area (Å²) in [5.41, 5.74) is 0.145. The van der Waals surface area contributed by atoms with Crippen LogP contribution in [0.2, 0.25) is 0 Å². The molecule has 3 rings (SSSR count). The Kier molecular flexibility index (Phi) is 3.82. The molecule has 1 N–H and O–H groups in total. The average molecular weight is 294 g/mol. The van der Waals surface area contributed by atoms with Crippen molar-refractivity contribution in [3.05, 3.63) is 29.6 Å². The third-order valence-corrected chi connectivity index (χ3v) is 4.10. The minimum Gasteiger partial charge on any atom is -0.507 e. The van der Waals surface area contributed by atoms with Gasteiger partial charge < -0.3 is 19.6 Å². The molecule has 0 radical (unpaired) electrons. The molecule has 6 heteroatoms. The number of ether oxygens (including phenoxy) is 1. The Labute approximate surface area is 122 Å². The van der Waals surface area contributed by atoms with Crippen LogP contribution in [-0.4, -0.2) is 66.8 Å². The zero-order chi connectivity index (χ0) is 15.0. The summed E-state index contributed by atoms with van der Waals surface area (Å²) in [5, 5.41) is 9.83. The molecule has 0 aliphatic carbocycles. The van der Waals surface area contributed by atoms with E-state index in [1.807, 2.05) is 7.05 Å². The zero-order valence-electron chi connectivity index (χ0n) is 12.0. The summed E-state index contributed by atoms with van der Waals surface area (Å²) in [4.78, 5) is 16.7. The molecule has 2 atom stereocenters. The molecule has 1 amide bonds. The van der Waals surface area contributed by atoms with Crippen LogP contribution in [0.1, 0.15) is 10.4 Å². The first-order valence-electron chi connectivity index (χ1n) is 7.10. The fourth-order valence-electron chi connectivity index (χ4n) is 3.17. The molecular weight excluding hydrogens is 275 g/mol. The minimum atomic E-state index is -0.554. The van der Waals surface area contributed by atoms with Crippen molar-refractivity contribution in [3.63, 3.8) is 0 Å². The molecule has 2 aliphatic rings. The molecule has 2 aliphatic heterocycles. The van der Waals surface area contributed by atoms with Crippen molar-refractivity contribution >= 4 is 5.91 Å². The monoisotopic (exact) mass is 294 g/mol. The highest BCUT2D eigenvalue weighted by atomic mass is 19.1. The summed E-state index contributed by atoms with van der Waals surface area (Å²) < 4.78 is 18.7. The number of aromatic hydroxyl groups is 1. The molecule has 2 heterocycles. The Morgan fingerprint density at radius 2 is 2.14 bits per heavy atom. The predicted molar refractivity (Wildman–Crippen MR) is 74.7 cm³/mol. The number of phenolic OH excluding ortho intramolecular Hbond substituents is 1. The van der Waals surface area contributed by atoms with Gasteiger partial charge in [-0.15, -0.1) is 0 Å². The molecule has 0 aromatic heterocycles. The zero-order valence-corrected chi connectivity index (χ0v) is 12.0. The highest BCUT2D eigenvalue weighted by molar-refractivity contribution is 5.97. The van der Waals surface area contributed by atoms with Crippen molar-refractivity contribution in [2.24, 2.45) is 5.92 Å². The van der Waals surface area contributed by atoms with E-state index in [0.717, 1.165) is 19.2 Å². The van der Waals surface area contributed by atoms with Crippen molar-refractivity contribution < 1.29 is 19.0 Å². The lowest BCUT2D eigenvalue weighted by Crippen LogP contribution is -2.46. The van der Waals surface area contributed by atoms with Gasteiger partial charge in [-0.25, -0.2) is 4.39 Å². The fourth-order valence-corrected chi connectivity index (χ4v) is 3.17. The number of nitrogens with zero attached hydrogens (tertiary/aromatic N) is 2. The van der Waals surface area contributed by atoms with Crippen LogP contribution in [0.15, 0.2) is 18.2 Å². The molecule has 0 unspecified atom stereocenters. The fraction of sp³-hybridized carbons (Fsp3) is 0.533. The van der Waals surface area contributed by atoms with Gasteiger partial charge in [-0.05, 0) is 19.2 Å². The van der Waals surface area contributed by atoms with Gasteiger partial charge in [0.25, 0.3) is 5.91 Å². The number of fused-ring (bicyclic) bond motifs is 3. The highest BCUT2D eigenvalue weighted by Gasteiger charge is 2.35. The van der Waals surface area contributed by atoms with Crippen molar-refractivity contribution in [2.75, 3.05) is 39.9 Å². The maximum atomic E-state index is 13.1. The first kappa shape index (κ1) is 14.3. The molecule has 0 spiro atoms. The lowest BCUT2D eigenvalue weighted by atomic mass is 10.1. The minimum absolute atomic E-state index is 0.0422. The molecule has 2 saturated heterocycles. The summed E-state index contributed by atoms with van der Waals surface area (Å²) in [6.45, 7) is 3.36. The first-order valence-corrected chi connectivity index (χ1v) is 7.10. The van der Waals surface area contributed by atoms with Crippen molar-refractivity contribution in [2.45, 2.75) is 6.04 Å². The van der Waals surface area contributed by atoms with E-state index in [1.165, 1.54) is 12.1 Å². The highest BCUT2D eigenvalue weighted by Crippen LogP contribution is 2.25. The lowest BCUT2D eigenvalue weighted by Gasteiger charge is -2.29. The lowest BCUT2D eigenvalue weighted by molar-refractivity contribution is 0.0482. The Balaban J connectivity index is 1.89. The molecule has 2 bridgehead atoms. The van der Waals surface area contributed by atoms with E-state index < -0.39 is 5.82 Å². The van der Waals surface area contributed by atoms with Gasteiger partial charge in [0, 0.05) is 31.6 Å². The number of carbonyl (C=O) groups excluding carboxylic acids is 1. The van der Waals surface area contributed by atoms with Crippen LogP contribution in [0.5, 0.6) is 5.75 Å². The smallest absolute Gasteiger partial charge is 0.257 e. The van der Waals surface area contributed by atoms with Gasteiger partial charge in [-0.1, -0.05) is 0 Å². The summed E-state index contributed by atoms with van der Waals surface area (Å²) in [7, 11) is 2.04. The number of amides is 1. The third kappa shape index (κ3) is 2.87. The molecule has 21 heavy (non-hydrogen) atoms. The SMILES string of the molecule is CN1C[C@@H]2COC[C@H](C1)N(C(=O)c1ccc(F)cc1O)C2. The van der Waals surface area contributed by atoms with E-state index in [4.69, 9.17) is 4.74 Å². The van der Waals surface area contributed by atoms with Gasteiger partial charge in [-0.3, -0.25) is 4.79 Å². The van der Waals surface area contributed by atoms with Crippen molar-refractivity contribution in [3.8, 4) is 5.75 Å². The van der Waals surface area contributed by atoms with E-state index in [1.54, 1.807) is 4.90 Å². The van der Waals surface area contributed by atoms with E-state index in [2.05, 4.69) is 4.90 Å². The van der Waals surface area contributed by atoms with Gasteiger partial charge in [0.05, 0.1) is 24.8 Å². The Morgan fingerprint density at radius 3 is 2.90 bits per heavy atom. The molecule has 5 nitrogen and oxygen atoms in total. The summed E-state index contributed by atoms with van der Waals surface area (Å²) in [5.74, 6) is -0.868. The Bertz CT molecular complexity index is 552. The first-order chi connectivity index (χ1) is 10.0. The van der Waals surface area contributed by atoms with Crippen LogP contribution in [0.25, 0.3) is 0 Å². The van der Waals surface area contributed by atoms with E-state index >= 15 is 0 Å². The Morgan fingerprint density at radius 1 is 1.33 bits per heavy atom.